The Balaban J connectivity index is 2.26. The summed E-state index contributed by atoms with van der Waals surface area (Å²) in [7, 11) is 1.60. The number of morpholine rings is 1. The van der Waals surface area contributed by atoms with Crippen LogP contribution in [0.25, 0.3) is 0 Å². The molecular weight excluding hydrogens is 232 g/mol. The Morgan fingerprint density at radius 1 is 1.56 bits per heavy atom. The molecule has 1 atom stereocenters. The zero-order valence-electron chi connectivity index (χ0n) is 10.7. The normalized spacial score (nSPS) is 24.2. The number of anilines is 1. The zero-order chi connectivity index (χ0) is 13.2. The first-order valence-electron chi connectivity index (χ1n) is 5.86. The van der Waals surface area contributed by atoms with E-state index in [4.69, 9.17) is 15.2 Å². The zero-order valence-corrected chi connectivity index (χ0v) is 10.7. The van der Waals surface area contributed by atoms with E-state index in [0.717, 1.165) is 11.4 Å². The van der Waals surface area contributed by atoms with Gasteiger partial charge >= 0.3 is 0 Å². The van der Waals surface area contributed by atoms with Crippen LogP contribution < -0.4 is 15.4 Å². The molecule has 5 heteroatoms. The Hall–Kier alpha value is -1.59. The fourth-order valence-corrected chi connectivity index (χ4v) is 1.92. The van der Waals surface area contributed by atoms with Gasteiger partial charge in [0.15, 0.2) is 0 Å². The van der Waals surface area contributed by atoms with Crippen LogP contribution >= 0.6 is 0 Å². The Bertz CT molecular complexity index is 450. The summed E-state index contributed by atoms with van der Waals surface area (Å²) in [5.41, 5.74) is 6.01. The highest BCUT2D eigenvalue weighted by molar-refractivity contribution is 5.95. The molecule has 2 rings (SSSR count). The van der Waals surface area contributed by atoms with Crippen LogP contribution in [0, 0.1) is 0 Å². The number of amides is 1. The SMILES string of the molecule is COc1cccc(N2CC(C)(CN)OCC2=O)c1. The van der Waals surface area contributed by atoms with Crippen LogP contribution in [0.1, 0.15) is 6.92 Å². The van der Waals surface area contributed by atoms with Crippen molar-refractivity contribution in [2.24, 2.45) is 5.73 Å². The van der Waals surface area contributed by atoms with Crippen molar-refractivity contribution in [1.29, 1.82) is 0 Å². The van der Waals surface area contributed by atoms with Gasteiger partial charge in [-0.25, -0.2) is 0 Å². The number of benzene rings is 1. The third-order valence-electron chi connectivity index (χ3n) is 3.13. The number of carbonyl (C=O) groups excluding carboxylic acids is 1. The quantitative estimate of drug-likeness (QED) is 0.860. The molecule has 1 aromatic carbocycles. The maximum atomic E-state index is 11.9. The summed E-state index contributed by atoms with van der Waals surface area (Å²) in [5, 5.41) is 0. The minimum Gasteiger partial charge on any atom is -0.497 e. The Morgan fingerprint density at radius 2 is 2.33 bits per heavy atom. The van der Waals surface area contributed by atoms with Crippen LogP contribution in [0.15, 0.2) is 24.3 Å². The Morgan fingerprint density at radius 3 is 3.00 bits per heavy atom. The third-order valence-corrected chi connectivity index (χ3v) is 3.13. The minimum atomic E-state index is -0.489. The van der Waals surface area contributed by atoms with Crippen molar-refractivity contribution in [3.63, 3.8) is 0 Å². The predicted octanol–water partition coefficient (Wildman–Crippen LogP) is 0.776. The van der Waals surface area contributed by atoms with E-state index >= 15 is 0 Å². The maximum Gasteiger partial charge on any atom is 0.253 e. The largest absolute Gasteiger partial charge is 0.497 e. The van der Waals surface area contributed by atoms with Crippen molar-refractivity contribution in [3.05, 3.63) is 24.3 Å². The van der Waals surface area contributed by atoms with E-state index in [1.54, 1.807) is 12.0 Å². The van der Waals surface area contributed by atoms with Gasteiger partial charge in [-0.3, -0.25) is 4.79 Å². The standard InChI is InChI=1S/C13H18N2O3/c1-13(8-14)9-15(12(16)7-18-13)10-4-3-5-11(6-10)17-2/h3-6H,7-9,14H2,1-2H3. The van der Waals surface area contributed by atoms with Crippen LogP contribution in [0.2, 0.25) is 0 Å². The molecule has 1 fully saturated rings. The summed E-state index contributed by atoms with van der Waals surface area (Å²) in [5.74, 6) is 0.662. The van der Waals surface area contributed by atoms with E-state index in [0.29, 0.717) is 13.1 Å². The molecule has 1 amide bonds. The molecule has 18 heavy (non-hydrogen) atoms. The van der Waals surface area contributed by atoms with Gasteiger partial charge in [-0.1, -0.05) is 6.07 Å². The topological polar surface area (TPSA) is 64.8 Å². The molecule has 1 aromatic rings. The lowest BCUT2D eigenvalue weighted by molar-refractivity contribution is -0.135. The first-order valence-corrected chi connectivity index (χ1v) is 5.86. The van der Waals surface area contributed by atoms with Gasteiger partial charge in [0, 0.05) is 18.3 Å². The molecule has 1 saturated heterocycles. The van der Waals surface area contributed by atoms with Crippen LogP contribution in [0.5, 0.6) is 5.75 Å². The fourth-order valence-electron chi connectivity index (χ4n) is 1.92. The van der Waals surface area contributed by atoms with Crippen molar-refractivity contribution >= 4 is 11.6 Å². The van der Waals surface area contributed by atoms with Crippen molar-refractivity contribution in [2.45, 2.75) is 12.5 Å². The predicted molar refractivity (Wildman–Crippen MR) is 68.8 cm³/mol. The smallest absolute Gasteiger partial charge is 0.253 e. The molecule has 0 aliphatic carbocycles. The number of carbonyl (C=O) groups is 1. The van der Waals surface area contributed by atoms with Gasteiger partial charge < -0.3 is 20.1 Å². The minimum absolute atomic E-state index is 0.0604. The van der Waals surface area contributed by atoms with Crippen molar-refractivity contribution in [3.8, 4) is 5.75 Å². The van der Waals surface area contributed by atoms with E-state index in [9.17, 15) is 4.79 Å². The molecule has 98 valence electrons. The number of ether oxygens (including phenoxy) is 2. The highest BCUT2D eigenvalue weighted by atomic mass is 16.5. The highest BCUT2D eigenvalue weighted by Gasteiger charge is 2.35. The monoisotopic (exact) mass is 250 g/mol. The lowest BCUT2D eigenvalue weighted by atomic mass is 10.0. The number of rotatable bonds is 3. The summed E-state index contributed by atoms with van der Waals surface area (Å²) in [6.07, 6.45) is 0. The number of hydrogen-bond donors (Lipinski definition) is 1. The molecule has 1 unspecified atom stereocenters. The van der Waals surface area contributed by atoms with Crippen LogP contribution in [-0.2, 0) is 9.53 Å². The molecule has 1 aliphatic heterocycles. The van der Waals surface area contributed by atoms with Crippen molar-refractivity contribution in [2.75, 3.05) is 31.7 Å². The summed E-state index contributed by atoms with van der Waals surface area (Å²) >= 11 is 0. The molecule has 1 aliphatic rings. The molecule has 0 radical (unpaired) electrons. The summed E-state index contributed by atoms with van der Waals surface area (Å²) in [6.45, 7) is 2.80. The van der Waals surface area contributed by atoms with E-state index in [1.165, 1.54) is 0 Å². The first kappa shape index (κ1) is 12.9. The van der Waals surface area contributed by atoms with Crippen LogP contribution in [-0.4, -0.2) is 38.3 Å². The lowest BCUT2D eigenvalue weighted by Gasteiger charge is -2.39. The van der Waals surface area contributed by atoms with E-state index in [-0.39, 0.29) is 12.5 Å². The number of methoxy groups -OCH3 is 1. The van der Waals surface area contributed by atoms with Gasteiger partial charge in [0.25, 0.3) is 5.91 Å². The van der Waals surface area contributed by atoms with E-state index < -0.39 is 5.60 Å². The van der Waals surface area contributed by atoms with Gasteiger partial charge in [-0.05, 0) is 19.1 Å². The number of nitrogens with two attached hydrogens (primary N) is 1. The molecule has 0 bridgehead atoms. The second-order valence-electron chi connectivity index (χ2n) is 4.62. The molecule has 0 aromatic heterocycles. The molecule has 5 nitrogen and oxygen atoms in total. The summed E-state index contributed by atoms with van der Waals surface area (Å²) in [6, 6.07) is 7.41. The van der Waals surface area contributed by atoms with Crippen LogP contribution in [0.3, 0.4) is 0 Å². The molecule has 1 heterocycles. The maximum absolute atomic E-state index is 11.9. The molecule has 2 N–H and O–H groups in total. The third kappa shape index (κ3) is 2.47. The van der Waals surface area contributed by atoms with Gasteiger partial charge in [0.2, 0.25) is 0 Å². The number of nitrogens with zero attached hydrogens (tertiary/aromatic N) is 1. The highest BCUT2D eigenvalue weighted by Crippen LogP contribution is 2.26. The number of hydrogen-bond acceptors (Lipinski definition) is 4. The fraction of sp³-hybridized carbons (Fsp3) is 0.462. The van der Waals surface area contributed by atoms with Crippen LogP contribution in [0.4, 0.5) is 5.69 Å². The van der Waals surface area contributed by atoms with Gasteiger partial charge in [-0.15, -0.1) is 0 Å². The van der Waals surface area contributed by atoms with Crippen molar-refractivity contribution in [1.82, 2.24) is 0 Å². The van der Waals surface area contributed by atoms with Gasteiger partial charge in [0.1, 0.15) is 12.4 Å². The average Bonchev–Trinajstić information content (AvgIpc) is 2.42. The second-order valence-corrected chi connectivity index (χ2v) is 4.62. The molecule has 0 saturated carbocycles. The van der Waals surface area contributed by atoms with Gasteiger partial charge in [-0.2, -0.15) is 0 Å². The van der Waals surface area contributed by atoms with Gasteiger partial charge in [0.05, 0.1) is 19.3 Å². The second kappa shape index (κ2) is 4.96. The lowest BCUT2D eigenvalue weighted by Crippen LogP contribution is -2.56. The van der Waals surface area contributed by atoms with Crippen molar-refractivity contribution < 1.29 is 14.3 Å². The first-order chi connectivity index (χ1) is 8.58. The Kier molecular flexibility index (Phi) is 3.54. The molecule has 0 spiro atoms. The average molecular weight is 250 g/mol. The Labute approximate surface area is 106 Å². The summed E-state index contributed by atoms with van der Waals surface area (Å²) < 4.78 is 10.7. The summed E-state index contributed by atoms with van der Waals surface area (Å²) in [4.78, 5) is 13.6. The van der Waals surface area contributed by atoms with E-state index in [2.05, 4.69) is 0 Å². The van der Waals surface area contributed by atoms with E-state index in [1.807, 2.05) is 31.2 Å². The molecular formula is C13H18N2O3.